The standard InChI is InChI=1S/C9H11Cl2NO/c1-9(13,5-12)7-3-2-6(10)4-8(7)11/h2-4,13H,5,12H2,1H3. The first-order chi connectivity index (χ1) is 5.97. The second-order valence-corrected chi connectivity index (χ2v) is 3.95. The minimum Gasteiger partial charge on any atom is -0.384 e. The van der Waals surface area contributed by atoms with Crippen LogP contribution < -0.4 is 5.73 Å². The minimum absolute atomic E-state index is 0.119. The third-order valence-electron chi connectivity index (χ3n) is 1.91. The molecule has 0 aliphatic heterocycles. The van der Waals surface area contributed by atoms with Gasteiger partial charge in [0, 0.05) is 22.2 Å². The number of benzene rings is 1. The fourth-order valence-electron chi connectivity index (χ4n) is 1.04. The molecule has 0 radical (unpaired) electrons. The van der Waals surface area contributed by atoms with E-state index in [2.05, 4.69) is 0 Å². The van der Waals surface area contributed by atoms with Crippen LogP contribution in [0, 0.1) is 0 Å². The Kier molecular flexibility index (Phi) is 3.19. The summed E-state index contributed by atoms with van der Waals surface area (Å²) in [6, 6.07) is 4.94. The third-order valence-corrected chi connectivity index (χ3v) is 2.46. The molecule has 0 saturated heterocycles. The summed E-state index contributed by atoms with van der Waals surface area (Å²) in [7, 11) is 0. The molecule has 1 unspecified atom stereocenters. The molecule has 0 aromatic heterocycles. The number of aliphatic hydroxyl groups is 1. The molecular weight excluding hydrogens is 209 g/mol. The van der Waals surface area contributed by atoms with Crippen LogP contribution in [0.5, 0.6) is 0 Å². The zero-order valence-corrected chi connectivity index (χ0v) is 8.73. The van der Waals surface area contributed by atoms with E-state index >= 15 is 0 Å². The van der Waals surface area contributed by atoms with Gasteiger partial charge in [-0.3, -0.25) is 0 Å². The highest BCUT2D eigenvalue weighted by Crippen LogP contribution is 2.29. The van der Waals surface area contributed by atoms with Gasteiger partial charge in [0.15, 0.2) is 0 Å². The summed E-state index contributed by atoms with van der Waals surface area (Å²) in [5.41, 5.74) is 4.91. The normalized spacial score (nSPS) is 15.5. The highest BCUT2D eigenvalue weighted by atomic mass is 35.5. The first kappa shape index (κ1) is 10.8. The molecule has 1 atom stereocenters. The molecule has 13 heavy (non-hydrogen) atoms. The Morgan fingerprint density at radius 1 is 1.46 bits per heavy atom. The van der Waals surface area contributed by atoms with Gasteiger partial charge in [-0.2, -0.15) is 0 Å². The van der Waals surface area contributed by atoms with Gasteiger partial charge < -0.3 is 10.8 Å². The van der Waals surface area contributed by atoms with Gasteiger partial charge >= 0.3 is 0 Å². The minimum atomic E-state index is -1.10. The van der Waals surface area contributed by atoms with Crippen molar-refractivity contribution in [3.05, 3.63) is 33.8 Å². The largest absolute Gasteiger partial charge is 0.384 e. The lowest BCUT2D eigenvalue weighted by molar-refractivity contribution is 0.0669. The van der Waals surface area contributed by atoms with Crippen molar-refractivity contribution in [2.24, 2.45) is 5.73 Å². The Balaban J connectivity index is 3.16. The molecule has 0 spiro atoms. The molecule has 0 aliphatic carbocycles. The number of hydrogen-bond donors (Lipinski definition) is 2. The monoisotopic (exact) mass is 219 g/mol. The third kappa shape index (κ3) is 2.35. The van der Waals surface area contributed by atoms with Crippen molar-refractivity contribution >= 4 is 23.2 Å². The molecule has 72 valence electrons. The van der Waals surface area contributed by atoms with Crippen LogP contribution in [-0.4, -0.2) is 11.7 Å². The molecule has 1 aromatic carbocycles. The van der Waals surface area contributed by atoms with Crippen LogP contribution in [0.2, 0.25) is 10.0 Å². The summed E-state index contributed by atoms with van der Waals surface area (Å²) in [5.74, 6) is 0. The Bertz CT molecular complexity index is 312. The van der Waals surface area contributed by atoms with E-state index in [4.69, 9.17) is 28.9 Å². The SMILES string of the molecule is CC(O)(CN)c1ccc(Cl)cc1Cl. The van der Waals surface area contributed by atoms with Crippen molar-refractivity contribution in [1.29, 1.82) is 0 Å². The molecule has 1 aromatic rings. The number of hydrogen-bond acceptors (Lipinski definition) is 2. The molecule has 0 bridgehead atoms. The molecule has 0 amide bonds. The maximum Gasteiger partial charge on any atom is 0.100 e. The Morgan fingerprint density at radius 2 is 2.08 bits per heavy atom. The van der Waals surface area contributed by atoms with E-state index < -0.39 is 5.60 Å². The Hall–Kier alpha value is -0.280. The van der Waals surface area contributed by atoms with Crippen LogP contribution in [0.15, 0.2) is 18.2 Å². The predicted octanol–water partition coefficient (Wildman–Crippen LogP) is 2.16. The van der Waals surface area contributed by atoms with Gasteiger partial charge in [0.2, 0.25) is 0 Å². The highest BCUT2D eigenvalue weighted by molar-refractivity contribution is 6.35. The Morgan fingerprint density at radius 3 is 2.54 bits per heavy atom. The van der Waals surface area contributed by atoms with Gasteiger partial charge in [0.25, 0.3) is 0 Å². The molecule has 0 aliphatic rings. The molecule has 0 fully saturated rings. The quantitative estimate of drug-likeness (QED) is 0.802. The zero-order chi connectivity index (χ0) is 10.1. The summed E-state index contributed by atoms with van der Waals surface area (Å²) in [4.78, 5) is 0. The maximum absolute atomic E-state index is 9.81. The lowest BCUT2D eigenvalue weighted by Gasteiger charge is -2.22. The average molecular weight is 220 g/mol. The van der Waals surface area contributed by atoms with Gasteiger partial charge in [-0.15, -0.1) is 0 Å². The lowest BCUT2D eigenvalue weighted by Crippen LogP contribution is -2.31. The smallest absolute Gasteiger partial charge is 0.100 e. The van der Waals surface area contributed by atoms with Crippen LogP contribution >= 0.6 is 23.2 Å². The van der Waals surface area contributed by atoms with Crippen molar-refractivity contribution in [2.75, 3.05) is 6.54 Å². The lowest BCUT2D eigenvalue weighted by atomic mass is 9.96. The topological polar surface area (TPSA) is 46.2 Å². The molecule has 0 heterocycles. The van der Waals surface area contributed by atoms with Crippen LogP contribution in [0.25, 0.3) is 0 Å². The predicted molar refractivity (Wildman–Crippen MR) is 55.1 cm³/mol. The molecule has 4 heteroatoms. The molecule has 3 N–H and O–H groups in total. The van der Waals surface area contributed by atoms with Crippen molar-refractivity contribution in [3.63, 3.8) is 0 Å². The summed E-state index contributed by atoms with van der Waals surface area (Å²) in [5, 5.41) is 10.8. The van der Waals surface area contributed by atoms with Crippen LogP contribution in [0.3, 0.4) is 0 Å². The summed E-state index contributed by atoms with van der Waals surface area (Å²) in [6.07, 6.45) is 0. The molecule has 0 saturated carbocycles. The number of nitrogens with two attached hydrogens (primary N) is 1. The van der Waals surface area contributed by atoms with Crippen molar-refractivity contribution in [2.45, 2.75) is 12.5 Å². The first-order valence-electron chi connectivity index (χ1n) is 3.85. The summed E-state index contributed by atoms with van der Waals surface area (Å²) in [6.45, 7) is 1.73. The molecule has 1 rings (SSSR count). The van der Waals surface area contributed by atoms with Gasteiger partial charge in [-0.05, 0) is 19.1 Å². The van der Waals surface area contributed by atoms with Crippen LogP contribution in [0.1, 0.15) is 12.5 Å². The molecule has 2 nitrogen and oxygen atoms in total. The first-order valence-corrected chi connectivity index (χ1v) is 4.61. The maximum atomic E-state index is 9.81. The van der Waals surface area contributed by atoms with Crippen LogP contribution in [-0.2, 0) is 5.60 Å². The second kappa shape index (κ2) is 3.84. The van der Waals surface area contributed by atoms with Crippen molar-refractivity contribution in [1.82, 2.24) is 0 Å². The fraction of sp³-hybridized carbons (Fsp3) is 0.333. The van der Waals surface area contributed by atoms with Crippen LogP contribution in [0.4, 0.5) is 0 Å². The van der Waals surface area contributed by atoms with E-state index in [-0.39, 0.29) is 6.54 Å². The van der Waals surface area contributed by atoms with E-state index in [1.807, 2.05) is 0 Å². The van der Waals surface area contributed by atoms with Gasteiger partial charge in [0.1, 0.15) is 5.60 Å². The van der Waals surface area contributed by atoms with Crippen molar-refractivity contribution in [3.8, 4) is 0 Å². The Labute approximate surface area is 87.3 Å². The molecular formula is C9H11Cl2NO. The summed E-state index contributed by atoms with van der Waals surface area (Å²) < 4.78 is 0. The number of halogens is 2. The zero-order valence-electron chi connectivity index (χ0n) is 7.22. The van der Waals surface area contributed by atoms with E-state index in [0.29, 0.717) is 15.6 Å². The number of rotatable bonds is 2. The van der Waals surface area contributed by atoms with E-state index in [0.717, 1.165) is 0 Å². The fourth-order valence-corrected chi connectivity index (χ4v) is 1.65. The van der Waals surface area contributed by atoms with Gasteiger partial charge in [-0.25, -0.2) is 0 Å². The van der Waals surface area contributed by atoms with Gasteiger partial charge in [0.05, 0.1) is 0 Å². The van der Waals surface area contributed by atoms with E-state index in [1.165, 1.54) is 0 Å². The van der Waals surface area contributed by atoms with Crippen molar-refractivity contribution < 1.29 is 5.11 Å². The van der Waals surface area contributed by atoms with E-state index in [9.17, 15) is 5.11 Å². The highest BCUT2D eigenvalue weighted by Gasteiger charge is 2.23. The van der Waals surface area contributed by atoms with E-state index in [1.54, 1.807) is 25.1 Å². The average Bonchev–Trinajstić information content (AvgIpc) is 2.03. The van der Waals surface area contributed by atoms with Gasteiger partial charge in [-0.1, -0.05) is 29.3 Å². The summed E-state index contributed by atoms with van der Waals surface area (Å²) >= 11 is 11.6. The second-order valence-electron chi connectivity index (χ2n) is 3.10.